The van der Waals surface area contributed by atoms with Crippen LogP contribution >= 0.6 is 23.2 Å². The van der Waals surface area contributed by atoms with Gasteiger partial charge in [0.05, 0.1) is 9.75 Å². The first-order valence-electron chi connectivity index (χ1n) is 19.0. The molecule has 2 aliphatic rings. The summed E-state index contributed by atoms with van der Waals surface area (Å²) in [5, 5.41) is 4.81. The number of alkyl halides is 2. The monoisotopic (exact) mass is 834 g/mol. The molecular weight excluding hydrogens is 799 g/mol. The molecule has 8 aromatic rings. The van der Waals surface area contributed by atoms with E-state index in [4.69, 9.17) is 23.2 Å². The van der Waals surface area contributed by atoms with Gasteiger partial charge in [0.2, 0.25) is 0 Å². The van der Waals surface area contributed by atoms with Crippen molar-refractivity contribution in [2.24, 2.45) is 0 Å². The molecule has 0 nitrogen and oxygen atoms in total. The van der Waals surface area contributed by atoms with Crippen molar-refractivity contribution in [3.8, 4) is 0 Å². The van der Waals surface area contributed by atoms with Gasteiger partial charge in [0.1, 0.15) is 0 Å². The molecule has 3 heteroatoms. The van der Waals surface area contributed by atoms with Gasteiger partial charge in [-0.25, -0.2) is 0 Å². The van der Waals surface area contributed by atoms with Crippen molar-refractivity contribution < 1.29 is 26.2 Å². The number of fused-ring (bicyclic) bond motifs is 4. The minimum absolute atomic E-state index is 0. The van der Waals surface area contributed by atoms with Gasteiger partial charge in [-0.2, -0.15) is 0 Å². The van der Waals surface area contributed by atoms with E-state index in [1.807, 2.05) is 0 Å². The molecule has 0 bridgehead atoms. The molecule has 2 unspecified atom stereocenters. The third-order valence-electron chi connectivity index (χ3n) is 12.0. The van der Waals surface area contributed by atoms with Gasteiger partial charge in [0.25, 0.3) is 0 Å². The van der Waals surface area contributed by atoms with Crippen LogP contribution in [0.25, 0.3) is 43.8 Å². The fourth-order valence-electron chi connectivity index (χ4n) is 9.57. The van der Waals surface area contributed by atoms with Crippen LogP contribution in [0.15, 0.2) is 182 Å². The molecule has 0 fully saturated rings. The van der Waals surface area contributed by atoms with Gasteiger partial charge in [-0.1, -0.05) is 182 Å². The Bertz CT molecular complexity index is 2690. The van der Waals surface area contributed by atoms with Crippen LogP contribution in [0.5, 0.6) is 0 Å². The first kappa shape index (κ1) is 36.8. The zero-order valence-electron chi connectivity index (χ0n) is 31.3. The minimum atomic E-state index is -1.02. The van der Waals surface area contributed by atoms with E-state index in [0.717, 1.165) is 66.8 Å². The SMILES string of the molecule is Cc1ccc(C2=C(c3ccccc3)c3ccccc3C2(Cl)CC2(Cl)C(c3ccc(C)c4ccccc34)=C(c3ccccc3)c3ccccc32)c2ccccc12.[Zr]. The number of hydrogen-bond acceptors (Lipinski definition) is 0. The largest absolute Gasteiger partial charge is 0.109 e. The van der Waals surface area contributed by atoms with Gasteiger partial charge >= 0.3 is 0 Å². The number of allylic oxidation sites excluding steroid dienone is 2. The summed E-state index contributed by atoms with van der Waals surface area (Å²) < 4.78 is 0. The Morgan fingerprint density at radius 2 is 0.696 bits per heavy atom. The van der Waals surface area contributed by atoms with Crippen LogP contribution in [0.1, 0.15) is 62.1 Å². The Morgan fingerprint density at radius 3 is 1.11 bits per heavy atom. The Morgan fingerprint density at radius 1 is 0.357 bits per heavy atom. The Kier molecular flexibility index (Phi) is 9.41. The van der Waals surface area contributed by atoms with Gasteiger partial charge in [-0.3, -0.25) is 0 Å². The van der Waals surface area contributed by atoms with Crippen molar-refractivity contribution >= 4 is 67.0 Å². The first-order valence-corrected chi connectivity index (χ1v) is 19.8. The van der Waals surface area contributed by atoms with Crippen molar-refractivity contribution in [3.05, 3.63) is 238 Å². The molecule has 8 aromatic carbocycles. The summed E-state index contributed by atoms with van der Waals surface area (Å²) in [7, 11) is 0. The Labute approximate surface area is 358 Å². The standard InChI is InChI=1S/C53H38Cl2.Zr/c1-34-29-31-42(40-23-11-9-21-38(34)40)50-48(36-17-5-3-6-18-36)44-25-13-15-27-46(44)52(50,54)33-53(55)47-28-16-14-26-45(47)49(37-19-7-4-8-20-37)51(53)43-32-30-35(2)39-22-10-12-24-41(39)43;/h3-32H,33H2,1-2H3;. The summed E-state index contributed by atoms with van der Waals surface area (Å²) in [5.74, 6) is 0. The number of benzene rings is 8. The van der Waals surface area contributed by atoms with Crippen molar-refractivity contribution in [1.29, 1.82) is 0 Å². The second-order valence-electron chi connectivity index (χ2n) is 15.1. The first-order chi connectivity index (χ1) is 26.9. The van der Waals surface area contributed by atoms with Crippen molar-refractivity contribution in [1.82, 2.24) is 0 Å². The maximum absolute atomic E-state index is 8.65. The summed E-state index contributed by atoms with van der Waals surface area (Å²) in [5.41, 5.74) is 15.9. The molecule has 0 saturated heterocycles. The molecular formula is C53H38Cl2Zr. The van der Waals surface area contributed by atoms with Crippen molar-refractivity contribution in [2.45, 2.75) is 30.0 Å². The second kappa shape index (κ2) is 14.3. The topological polar surface area (TPSA) is 0 Å². The molecule has 10 rings (SSSR count). The summed E-state index contributed by atoms with van der Waals surface area (Å²) in [6.07, 6.45) is 0.416. The predicted molar refractivity (Wildman–Crippen MR) is 235 cm³/mol. The van der Waals surface area contributed by atoms with Crippen LogP contribution in [0, 0.1) is 13.8 Å². The maximum atomic E-state index is 8.65. The third kappa shape index (κ3) is 5.58. The molecule has 56 heavy (non-hydrogen) atoms. The van der Waals surface area contributed by atoms with Crippen LogP contribution in [-0.4, -0.2) is 0 Å². The number of aryl methyl sites for hydroxylation is 2. The average molecular weight is 837 g/mol. The van der Waals surface area contributed by atoms with E-state index in [2.05, 4.69) is 196 Å². The summed E-state index contributed by atoms with van der Waals surface area (Å²) in [4.78, 5) is -2.04. The van der Waals surface area contributed by atoms with Gasteiger partial charge < -0.3 is 0 Å². The molecule has 2 aliphatic carbocycles. The normalized spacial score (nSPS) is 18.6. The van der Waals surface area contributed by atoms with Crippen LogP contribution < -0.4 is 0 Å². The van der Waals surface area contributed by atoms with Crippen LogP contribution in [0.3, 0.4) is 0 Å². The minimum Gasteiger partial charge on any atom is -0.109 e. The molecule has 0 saturated carbocycles. The van der Waals surface area contributed by atoms with E-state index >= 15 is 0 Å². The zero-order chi connectivity index (χ0) is 37.3. The fourth-order valence-corrected chi connectivity index (χ4v) is 10.8. The summed E-state index contributed by atoms with van der Waals surface area (Å²) in [6.45, 7) is 4.38. The fraction of sp³-hybridized carbons (Fsp3) is 0.0943. The molecule has 0 heterocycles. The molecule has 0 amide bonds. The predicted octanol–water partition coefficient (Wildman–Crippen LogP) is 14.5. The molecule has 268 valence electrons. The molecule has 0 aromatic heterocycles. The van der Waals surface area contributed by atoms with E-state index in [-0.39, 0.29) is 26.2 Å². The second-order valence-corrected chi connectivity index (χ2v) is 16.3. The number of rotatable bonds is 6. The van der Waals surface area contributed by atoms with E-state index in [9.17, 15) is 0 Å². The van der Waals surface area contributed by atoms with Gasteiger partial charge in [-0.15, -0.1) is 23.2 Å². The Hall–Kier alpha value is -4.78. The van der Waals surface area contributed by atoms with Crippen LogP contribution in [0.2, 0.25) is 0 Å². The van der Waals surface area contributed by atoms with E-state index < -0.39 is 9.75 Å². The van der Waals surface area contributed by atoms with E-state index in [1.165, 1.54) is 32.7 Å². The number of hydrogen-bond donors (Lipinski definition) is 0. The van der Waals surface area contributed by atoms with E-state index in [1.54, 1.807) is 0 Å². The van der Waals surface area contributed by atoms with Crippen LogP contribution in [0.4, 0.5) is 0 Å². The molecule has 0 N–H and O–H groups in total. The van der Waals surface area contributed by atoms with Crippen molar-refractivity contribution in [2.75, 3.05) is 0 Å². The van der Waals surface area contributed by atoms with Gasteiger partial charge in [-0.05, 0) is 113 Å². The average Bonchev–Trinajstić information content (AvgIpc) is 3.63. The molecule has 0 radical (unpaired) electrons. The summed E-state index contributed by atoms with van der Waals surface area (Å²) >= 11 is 17.3. The van der Waals surface area contributed by atoms with Gasteiger partial charge in [0.15, 0.2) is 0 Å². The zero-order valence-corrected chi connectivity index (χ0v) is 35.3. The van der Waals surface area contributed by atoms with Gasteiger partial charge in [0, 0.05) is 32.6 Å². The molecule has 2 atom stereocenters. The Balaban J connectivity index is 0.00000410. The third-order valence-corrected chi connectivity index (χ3v) is 13.0. The van der Waals surface area contributed by atoms with E-state index in [0.29, 0.717) is 6.42 Å². The molecule has 0 aliphatic heterocycles. The quantitative estimate of drug-likeness (QED) is 0.146. The number of halogens is 2. The molecule has 0 spiro atoms. The van der Waals surface area contributed by atoms with Crippen molar-refractivity contribution in [3.63, 3.8) is 0 Å². The summed E-state index contributed by atoms with van der Waals surface area (Å²) in [6, 6.07) is 65.4. The van der Waals surface area contributed by atoms with Crippen LogP contribution in [-0.2, 0) is 36.0 Å². The smallest absolute Gasteiger partial charge is 0.0985 e. The maximum Gasteiger partial charge on any atom is 0.0985 e.